The third-order valence-corrected chi connectivity index (χ3v) is 2.98. The molecule has 0 aliphatic carbocycles. The third kappa shape index (κ3) is 3.22. The van der Waals surface area contributed by atoms with Gasteiger partial charge < -0.3 is 4.74 Å². The molecule has 0 radical (unpaired) electrons. The van der Waals surface area contributed by atoms with Crippen LogP contribution in [0.1, 0.15) is 23.5 Å². The predicted octanol–water partition coefficient (Wildman–Crippen LogP) is 1.59. The molecule has 0 fully saturated rings. The van der Waals surface area contributed by atoms with E-state index in [2.05, 4.69) is 20.5 Å². The SMILES string of the molecule is Cc1nc(OCc2ccccc2)cc(C2=NNC(=O)C2)n1. The highest BCUT2D eigenvalue weighted by Crippen LogP contribution is 2.15. The summed E-state index contributed by atoms with van der Waals surface area (Å²) in [5.74, 6) is 0.925. The standard InChI is InChI=1S/C15H14N4O2/c1-10-16-12(13-7-14(20)19-18-13)8-15(17-10)21-9-11-5-3-2-4-6-11/h2-6,8H,7,9H2,1H3,(H,19,20). The van der Waals surface area contributed by atoms with Crippen LogP contribution in [0.25, 0.3) is 0 Å². The summed E-state index contributed by atoms with van der Waals surface area (Å²) in [6.45, 7) is 2.21. The van der Waals surface area contributed by atoms with E-state index in [1.54, 1.807) is 13.0 Å². The van der Waals surface area contributed by atoms with Gasteiger partial charge in [-0.05, 0) is 12.5 Å². The molecular weight excluding hydrogens is 268 g/mol. The number of nitrogens with one attached hydrogen (secondary N) is 1. The van der Waals surface area contributed by atoms with Crippen molar-refractivity contribution in [1.82, 2.24) is 15.4 Å². The van der Waals surface area contributed by atoms with E-state index in [-0.39, 0.29) is 12.3 Å². The van der Waals surface area contributed by atoms with Crippen LogP contribution in [0.2, 0.25) is 0 Å². The molecule has 1 aliphatic heterocycles. The zero-order chi connectivity index (χ0) is 14.7. The number of carbonyl (C=O) groups is 1. The fraction of sp³-hybridized carbons (Fsp3) is 0.200. The van der Waals surface area contributed by atoms with Crippen LogP contribution in [0.3, 0.4) is 0 Å². The van der Waals surface area contributed by atoms with Crippen molar-refractivity contribution in [3.05, 3.63) is 53.5 Å². The molecule has 6 nitrogen and oxygen atoms in total. The van der Waals surface area contributed by atoms with Gasteiger partial charge in [0.2, 0.25) is 11.8 Å². The summed E-state index contributed by atoms with van der Waals surface area (Å²) in [4.78, 5) is 19.7. The quantitative estimate of drug-likeness (QED) is 0.923. The summed E-state index contributed by atoms with van der Waals surface area (Å²) in [6, 6.07) is 11.5. The maximum atomic E-state index is 11.2. The minimum absolute atomic E-state index is 0.131. The van der Waals surface area contributed by atoms with Crippen molar-refractivity contribution in [1.29, 1.82) is 0 Å². The summed E-state index contributed by atoms with van der Waals surface area (Å²) >= 11 is 0. The number of carbonyl (C=O) groups excluding carboxylic acids is 1. The van der Waals surface area contributed by atoms with Gasteiger partial charge >= 0.3 is 0 Å². The molecule has 0 unspecified atom stereocenters. The van der Waals surface area contributed by atoms with E-state index < -0.39 is 0 Å². The normalized spacial score (nSPS) is 13.8. The first-order chi connectivity index (χ1) is 10.2. The molecule has 106 valence electrons. The van der Waals surface area contributed by atoms with Crippen LogP contribution in [0, 0.1) is 6.92 Å². The lowest BCUT2D eigenvalue weighted by Crippen LogP contribution is -2.10. The van der Waals surface area contributed by atoms with Crippen molar-refractivity contribution in [2.24, 2.45) is 5.10 Å². The number of benzene rings is 1. The first kappa shape index (κ1) is 13.2. The third-order valence-electron chi connectivity index (χ3n) is 2.98. The zero-order valence-corrected chi connectivity index (χ0v) is 11.5. The molecule has 21 heavy (non-hydrogen) atoms. The van der Waals surface area contributed by atoms with E-state index in [9.17, 15) is 4.79 Å². The Morgan fingerprint density at radius 2 is 2.05 bits per heavy atom. The van der Waals surface area contributed by atoms with Gasteiger partial charge in [-0.2, -0.15) is 10.1 Å². The fourth-order valence-corrected chi connectivity index (χ4v) is 2.00. The van der Waals surface area contributed by atoms with Crippen LogP contribution in [-0.2, 0) is 11.4 Å². The lowest BCUT2D eigenvalue weighted by Gasteiger charge is -2.07. The Kier molecular flexibility index (Phi) is 3.59. The summed E-state index contributed by atoms with van der Waals surface area (Å²) in [5, 5.41) is 3.96. The van der Waals surface area contributed by atoms with Crippen LogP contribution in [0.15, 0.2) is 41.5 Å². The van der Waals surface area contributed by atoms with Crippen molar-refractivity contribution in [2.75, 3.05) is 0 Å². The predicted molar refractivity (Wildman–Crippen MR) is 76.8 cm³/mol. The Balaban J connectivity index is 1.77. The van der Waals surface area contributed by atoms with E-state index in [1.807, 2.05) is 30.3 Å². The summed E-state index contributed by atoms with van der Waals surface area (Å²) in [5.41, 5.74) is 4.69. The average molecular weight is 282 g/mol. The van der Waals surface area contributed by atoms with Gasteiger partial charge in [0.25, 0.3) is 0 Å². The smallest absolute Gasteiger partial charge is 0.246 e. The molecule has 0 atom stereocenters. The first-order valence-electron chi connectivity index (χ1n) is 6.59. The Labute approximate surface area is 121 Å². The fourth-order valence-electron chi connectivity index (χ4n) is 2.00. The first-order valence-corrected chi connectivity index (χ1v) is 6.59. The van der Waals surface area contributed by atoms with Crippen LogP contribution in [0.4, 0.5) is 0 Å². The van der Waals surface area contributed by atoms with Crippen molar-refractivity contribution >= 4 is 11.6 Å². The second kappa shape index (κ2) is 5.70. The van der Waals surface area contributed by atoms with Crippen molar-refractivity contribution in [3.63, 3.8) is 0 Å². The van der Waals surface area contributed by atoms with Gasteiger partial charge in [0.1, 0.15) is 12.4 Å². The summed E-state index contributed by atoms with van der Waals surface area (Å²) < 4.78 is 5.69. The molecule has 3 rings (SSSR count). The van der Waals surface area contributed by atoms with Gasteiger partial charge in [-0.3, -0.25) is 4.79 Å². The second-order valence-corrected chi connectivity index (χ2v) is 4.68. The molecule has 1 N–H and O–H groups in total. The van der Waals surface area contributed by atoms with Crippen LogP contribution < -0.4 is 10.2 Å². The number of aromatic nitrogens is 2. The number of hydrogen-bond acceptors (Lipinski definition) is 5. The highest BCUT2D eigenvalue weighted by atomic mass is 16.5. The molecule has 0 saturated heterocycles. The van der Waals surface area contributed by atoms with Gasteiger partial charge in [-0.25, -0.2) is 10.4 Å². The average Bonchev–Trinajstić information content (AvgIpc) is 2.92. The molecule has 0 saturated carbocycles. The number of rotatable bonds is 4. The Morgan fingerprint density at radius 1 is 1.24 bits per heavy atom. The monoisotopic (exact) mass is 282 g/mol. The molecular formula is C15H14N4O2. The topological polar surface area (TPSA) is 76.5 Å². The van der Waals surface area contributed by atoms with E-state index in [0.717, 1.165) is 5.56 Å². The van der Waals surface area contributed by atoms with E-state index in [1.165, 1.54) is 0 Å². The maximum Gasteiger partial charge on any atom is 0.246 e. The van der Waals surface area contributed by atoms with Gasteiger partial charge in [0, 0.05) is 6.07 Å². The highest BCUT2D eigenvalue weighted by Gasteiger charge is 2.18. The van der Waals surface area contributed by atoms with Crippen LogP contribution in [0.5, 0.6) is 5.88 Å². The molecule has 6 heteroatoms. The lowest BCUT2D eigenvalue weighted by molar-refractivity contribution is -0.119. The van der Waals surface area contributed by atoms with Crippen LogP contribution >= 0.6 is 0 Å². The molecule has 0 spiro atoms. The van der Waals surface area contributed by atoms with Gasteiger partial charge in [-0.1, -0.05) is 30.3 Å². The van der Waals surface area contributed by atoms with Crippen molar-refractivity contribution in [3.8, 4) is 5.88 Å². The second-order valence-electron chi connectivity index (χ2n) is 4.68. The summed E-state index contributed by atoms with van der Waals surface area (Å²) in [6.07, 6.45) is 0.231. The van der Waals surface area contributed by atoms with Gasteiger partial charge in [0.15, 0.2) is 0 Å². The minimum atomic E-state index is -0.131. The van der Waals surface area contributed by atoms with E-state index in [0.29, 0.717) is 29.7 Å². The van der Waals surface area contributed by atoms with Crippen LogP contribution in [-0.4, -0.2) is 21.6 Å². The number of hydrogen-bond donors (Lipinski definition) is 1. The molecule has 2 aromatic rings. The molecule has 1 amide bonds. The number of amides is 1. The Hall–Kier alpha value is -2.76. The number of nitrogens with zero attached hydrogens (tertiary/aromatic N) is 3. The van der Waals surface area contributed by atoms with Crippen molar-refractivity contribution < 1.29 is 9.53 Å². The van der Waals surface area contributed by atoms with Gasteiger partial charge in [-0.15, -0.1) is 0 Å². The zero-order valence-electron chi connectivity index (χ0n) is 11.5. The molecule has 2 heterocycles. The van der Waals surface area contributed by atoms with E-state index >= 15 is 0 Å². The van der Waals surface area contributed by atoms with E-state index in [4.69, 9.17) is 4.74 Å². The number of aryl methyl sites for hydroxylation is 1. The molecule has 0 bridgehead atoms. The summed E-state index contributed by atoms with van der Waals surface area (Å²) in [7, 11) is 0. The van der Waals surface area contributed by atoms with Crippen molar-refractivity contribution in [2.45, 2.75) is 20.0 Å². The highest BCUT2D eigenvalue weighted by molar-refractivity contribution is 6.12. The molecule has 1 aliphatic rings. The number of ether oxygens (including phenoxy) is 1. The Morgan fingerprint density at radius 3 is 2.76 bits per heavy atom. The molecule has 1 aromatic carbocycles. The van der Waals surface area contributed by atoms with Gasteiger partial charge in [0.05, 0.1) is 17.8 Å². The lowest BCUT2D eigenvalue weighted by atomic mass is 10.2. The number of hydrazone groups is 1. The molecule has 1 aromatic heterocycles. The Bertz CT molecular complexity index is 698. The maximum absolute atomic E-state index is 11.2. The largest absolute Gasteiger partial charge is 0.473 e. The minimum Gasteiger partial charge on any atom is -0.473 e.